The molecule has 0 atom stereocenters. The van der Waals surface area contributed by atoms with E-state index < -0.39 is 4.92 Å². The summed E-state index contributed by atoms with van der Waals surface area (Å²) in [5, 5.41) is 20.2. The van der Waals surface area contributed by atoms with Gasteiger partial charge in [0.15, 0.2) is 5.75 Å². The second kappa shape index (κ2) is 9.43. The van der Waals surface area contributed by atoms with Gasteiger partial charge in [0.25, 0.3) is 0 Å². The van der Waals surface area contributed by atoms with Crippen LogP contribution < -0.4 is 4.74 Å². The van der Waals surface area contributed by atoms with Gasteiger partial charge >= 0.3 is 5.69 Å². The summed E-state index contributed by atoms with van der Waals surface area (Å²) in [5.74, 6) is 0.304. The van der Waals surface area contributed by atoms with Gasteiger partial charge in [-0.15, -0.1) is 0 Å². The van der Waals surface area contributed by atoms with Crippen LogP contribution in [0.1, 0.15) is 44.6 Å². The van der Waals surface area contributed by atoms with Crippen LogP contribution in [0.4, 0.5) is 5.69 Å². The highest BCUT2D eigenvalue weighted by atomic mass is 16.6. The van der Waals surface area contributed by atoms with E-state index in [1.54, 1.807) is 36.4 Å². The van der Waals surface area contributed by atoms with Gasteiger partial charge in [0.1, 0.15) is 0 Å². The minimum atomic E-state index is -0.417. The van der Waals surface area contributed by atoms with Crippen molar-refractivity contribution in [3.05, 3.63) is 58.1 Å². The highest BCUT2D eigenvalue weighted by Gasteiger charge is 2.16. The molecular formula is C20H22N2O3. The monoisotopic (exact) mass is 338 g/mol. The Morgan fingerprint density at radius 3 is 2.36 bits per heavy atom. The van der Waals surface area contributed by atoms with Crippen LogP contribution in [0.3, 0.4) is 0 Å². The van der Waals surface area contributed by atoms with Gasteiger partial charge in [0.2, 0.25) is 0 Å². The van der Waals surface area contributed by atoms with Crippen LogP contribution in [0.25, 0.3) is 11.1 Å². The van der Waals surface area contributed by atoms with Gasteiger partial charge < -0.3 is 4.74 Å². The summed E-state index contributed by atoms with van der Waals surface area (Å²) in [4.78, 5) is 10.9. The van der Waals surface area contributed by atoms with Gasteiger partial charge in [-0.3, -0.25) is 10.1 Å². The number of unbranched alkanes of at least 4 members (excludes halogenated alkanes) is 4. The molecule has 5 nitrogen and oxygen atoms in total. The number of hydrogen-bond acceptors (Lipinski definition) is 4. The summed E-state index contributed by atoms with van der Waals surface area (Å²) in [6.07, 6.45) is 5.53. The molecule has 2 aromatic rings. The van der Waals surface area contributed by atoms with Crippen molar-refractivity contribution in [3.63, 3.8) is 0 Å². The highest BCUT2D eigenvalue weighted by molar-refractivity contribution is 5.69. The van der Waals surface area contributed by atoms with Crippen LogP contribution in [0.5, 0.6) is 5.75 Å². The minimum Gasteiger partial charge on any atom is -0.487 e. The first-order valence-corrected chi connectivity index (χ1v) is 8.57. The molecule has 0 aliphatic rings. The largest absolute Gasteiger partial charge is 0.487 e. The highest BCUT2D eigenvalue weighted by Crippen LogP contribution is 2.32. The quantitative estimate of drug-likeness (QED) is 0.344. The first kappa shape index (κ1) is 18.5. The molecule has 0 amide bonds. The summed E-state index contributed by atoms with van der Waals surface area (Å²) in [6.45, 7) is 2.65. The van der Waals surface area contributed by atoms with E-state index in [1.165, 1.54) is 25.3 Å². The van der Waals surface area contributed by atoms with Gasteiger partial charge in [0.05, 0.1) is 23.2 Å². The zero-order chi connectivity index (χ0) is 18.1. The lowest BCUT2D eigenvalue weighted by Crippen LogP contribution is -2.01. The van der Waals surface area contributed by atoms with Crippen LogP contribution in [0.2, 0.25) is 0 Å². The number of rotatable bonds is 9. The lowest BCUT2D eigenvalue weighted by atomic mass is 10.0. The average Bonchev–Trinajstić information content (AvgIpc) is 2.64. The Hall–Kier alpha value is -2.87. The standard InChI is InChI=1S/C20H22N2O3/c1-2-3-4-5-6-13-25-20-12-11-18(14-19(20)22(23)24)17-9-7-16(15-21)8-10-17/h7-12,14H,2-6,13H2,1H3. The van der Waals surface area contributed by atoms with Crippen molar-refractivity contribution in [1.29, 1.82) is 5.26 Å². The molecule has 0 bridgehead atoms. The summed E-state index contributed by atoms with van der Waals surface area (Å²) < 4.78 is 5.62. The van der Waals surface area contributed by atoms with E-state index in [0.717, 1.165) is 24.0 Å². The Morgan fingerprint density at radius 2 is 1.72 bits per heavy atom. The number of nitro groups is 1. The predicted octanol–water partition coefficient (Wildman–Crippen LogP) is 5.48. The summed E-state index contributed by atoms with van der Waals surface area (Å²) in [5.41, 5.74) is 2.08. The first-order chi connectivity index (χ1) is 12.2. The molecule has 0 aromatic heterocycles. The molecule has 0 spiro atoms. The van der Waals surface area contributed by atoms with Gasteiger partial charge in [-0.1, -0.05) is 50.8 Å². The smallest absolute Gasteiger partial charge is 0.311 e. The Bertz CT molecular complexity index is 749. The van der Waals surface area contributed by atoms with E-state index in [4.69, 9.17) is 10.00 Å². The van der Waals surface area contributed by atoms with E-state index in [2.05, 4.69) is 13.0 Å². The molecule has 0 unspecified atom stereocenters. The van der Waals surface area contributed by atoms with Crippen molar-refractivity contribution in [1.82, 2.24) is 0 Å². The molecular weight excluding hydrogens is 316 g/mol. The number of ether oxygens (including phenoxy) is 1. The second-order valence-electron chi connectivity index (χ2n) is 5.89. The zero-order valence-corrected chi connectivity index (χ0v) is 14.4. The fourth-order valence-corrected chi connectivity index (χ4v) is 2.59. The molecule has 0 N–H and O–H groups in total. The zero-order valence-electron chi connectivity index (χ0n) is 14.4. The van der Waals surface area contributed by atoms with Crippen LogP contribution in [0, 0.1) is 21.4 Å². The maximum absolute atomic E-state index is 11.4. The summed E-state index contributed by atoms with van der Waals surface area (Å²) >= 11 is 0. The van der Waals surface area contributed by atoms with E-state index in [1.807, 2.05) is 0 Å². The lowest BCUT2D eigenvalue weighted by molar-refractivity contribution is -0.385. The van der Waals surface area contributed by atoms with Gasteiger partial charge in [-0.25, -0.2) is 0 Å². The third kappa shape index (κ3) is 5.32. The van der Waals surface area contributed by atoms with Gasteiger partial charge in [-0.2, -0.15) is 5.26 Å². The molecule has 0 aliphatic heterocycles. The molecule has 0 saturated carbocycles. The van der Waals surface area contributed by atoms with Crippen molar-refractivity contribution in [3.8, 4) is 22.9 Å². The van der Waals surface area contributed by atoms with Crippen molar-refractivity contribution in [2.75, 3.05) is 6.61 Å². The third-order valence-corrected chi connectivity index (χ3v) is 4.01. The number of nitrogens with zero attached hydrogens (tertiary/aromatic N) is 2. The number of nitro benzene ring substituents is 1. The molecule has 0 aliphatic carbocycles. The maximum atomic E-state index is 11.4. The molecule has 5 heteroatoms. The van der Waals surface area contributed by atoms with E-state index >= 15 is 0 Å². The molecule has 25 heavy (non-hydrogen) atoms. The first-order valence-electron chi connectivity index (χ1n) is 8.57. The van der Waals surface area contributed by atoms with E-state index in [9.17, 15) is 10.1 Å². The normalized spacial score (nSPS) is 10.2. The number of nitriles is 1. The third-order valence-electron chi connectivity index (χ3n) is 4.01. The predicted molar refractivity (Wildman–Crippen MR) is 97.5 cm³/mol. The van der Waals surface area contributed by atoms with E-state index in [0.29, 0.717) is 17.9 Å². The van der Waals surface area contributed by atoms with Crippen LogP contribution in [0.15, 0.2) is 42.5 Å². The SMILES string of the molecule is CCCCCCCOc1ccc(-c2ccc(C#N)cc2)cc1[N+](=O)[O-]. The molecule has 2 aromatic carbocycles. The molecule has 0 radical (unpaired) electrons. The number of hydrogen-bond donors (Lipinski definition) is 0. The van der Waals surface area contributed by atoms with Crippen LogP contribution >= 0.6 is 0 Å². The van der Waals surface area contributed by atoms with Crippen molar-refractivity contribution >= 4 is 5.69 Å². The molecule has 0 saturated heterocycles. The fraction of sp³-hybridized carbons (Fsp3) is 0.350. The van der Waals surface area contributed by atoms with Crippen molar-refractivity contribution in [2.45, 2.75) is 39.0 Å². The maximum Gasteiger partial charge on any atom is 0.311 e. The second-order valence-corrected chi connectivity index (χ2v) is 5.89. The molecule has 0 fully saturated rings. The van der Waals surface area contributed by atoms with Crippen LogP contribution in [-0.2, 0) is 0 Å². The van der Waals surface area contributed by atoms with Crippen molar-refractivity contribution in [2.24, 2.45) is 0 Å². The Labute approximate surface area is 148 Å². The summed E-state index contributed by atoms with van der Waals surface area (Å²) in [7, 11) is 0. The average molecular weight is 338 g/mol. The number of benzene rings is 2. The molecule has 0 heterocycles. The fourth-order valence-electron chi connectivity index (χ4n) is 2.59. The molecule has 130 valence electrons. The Morgan fingerprint density at radius 1 is 1.04 bits per heavy atom. The molecule has 2 rings (SSSR count). The van der Waals surface area contributed by atoms with Gasteiger partial charge in [-0.05, 0) is 35.7 Å². The van der Waals surface area contributed by atoms with Crippen molar-refractivity contribution < 1.29 is 9.66 Å². The Balaban J connectivity index is 2.09. The topological polar surface area (TPSA) is 76.2 Å². The summed E-state index contributed by atoms with van der Waals surface area (Å²) in [6, 6.07) is 14.0. The van der Waals surface area contributed by atoms with E-state index in [-0.39, 0.29) is 5.69 Å². The Kier molecular flexibility index (Phi) is 6.97. The lowest BCUT2D eigenvalue weighted by Gasteiger charge is -2.09. The van der Waals surface area contributed by atoms with Gasteiger partial charge in [0, 0.05) is 6.07 Å². The minimum absolute atomic E-state index is 0.0320. The van der Waals surface area contributed by atoms with Crippen LogP contribution in [-0.4, -0.2) is 11.5 Å².